The molecule has 0 N–H and O–H groups in total. The van der Waals surface area contributed by atoms with Crippen molar-refractivity contribution >= 4 is 11.7 Å². The van der Waals surface area contributed by atoms with Crippen molar-refractivity contribution in [3.8, 4) is 0 Å². The molecule has 0 spiro atoms. The number of rotatable bonds is 5. The first-order chi connectivity index (χ1) is 11.3. The van der Waals surface area contributed by atoms with Crippen molar-refractivity contribution in [3.05, 3.63) is 54.0 Å². The average molecular weight is 310 g/mol. The maximum absolute atomic E-state index is 12.3. The first-order valence-corrected chi connectivity index (χ1v) is 8.18. The van der Waals surface area contributed by atoms with E-state index in [2.05, 4.69) is 33.9 Å². The molecular formula is C18H22N4O. The summed E-state index contributed by atoms with van der Waals surface area (Å²) in [6.45, 7) is 5.37. The van der Waals surface area contributed by atoms with Crippen molar-refractivity contribution in [2.45, 2.75) is 26.3 Å². The van der Waals surface area contributed by atoms with Crippen molar-refractivity contribution in [1.29, 1.82) is 0 Å². The Kier molecular flexibility index (Phi) is 4.86. The van der Waals surface area contributed by atoms with Gasteiger partial charge in [0, 0.05) is 26.2 Å². The highest BCUT2D eigenvalue weighted by atomic mass is 16.2. The quantitative estimate of drug-likeness (QED) is 0.852. The summed E-state index contributed by atoms with van der Waals surface area (Å²) in [6, 6.07) is 10.3. The zero-order chi connectivity index (χ0) is 16.1. The first kappa shape index (κ1) is 15.5. The smallest absolute Gasteiger partial charge is 0.274 e. The van der Waals surface area contributed by atoms with E-state index in [-0.39, 0.29) is 5.91 Å². The maximum Gasteiger partial charge on any atom is 0.274 e. The predicted molar refractivity (Wildman–Crippen MR) is 90.3 cm³/mol. The number of carbonyl (C=O) groups is 1. The number of amides is 1. The van der Waals surface area contributed by atoms with Gasteiger partial charge in [-0.15, -0.1) is 0 Å². The third-order valence-corrected chi connectivity index (χ3v) is 4.17. The van der Waals surface area contributed by atoms with Crippen LogP contribution in [0, 0.1) is 0 Å². The Hall–Kier alpha value is -2.43. The van der Waals surface area contributed by atoms with E-state index >= 15 is 0 Å². The van der Waals surface area contributed by atoms with Crippen LogP contribution < -0.4 is 4.90 Å². The van der Waals surface area contributed by atoms with Crippen LogP contribution in [0.3, 0.4) is 0 Å². The largest absolute Gasteiger partial charge is 0.351 e. The molecule has 1 aromatic heterocycles. The van der Waals surface area contributed by atoms with E-state index in [9.17, 15) is 4.79 Å². The summed E-state index contributed by atoms with van der Waals surface area (Å²) in [4.78, 5) is 25.1. The zero-order valence-corrected chi connectivity index (χ0v) is 13.5. The number of carbonyl (C=O) groups excluding carboxylic acids is 1. The lowest BCUT2D eigenvalue weighted by Crippen LogP contribution is -2.29. The van der Waals surface area contributed by atoms with E-state index < -0.39 is 0 Å². The fourth-order valence-corrected chi connectivity index (χ4v) is 2.84. The maximum atomic E-state index is 12.3. The van der Waals surface area contributed by atoms with Crippen LogP contribution in [0.25, 0.3) is 0 Å². The topological polar surface area (TPSA) is 49.3 Å². The molecule has 0 bridgehead atoms. The molecule has 0 unspecified atom stereocenters. The molecular weight excluding hydrogens is 288 g/mol. The molecule has 2 heterocycles. The zero-order valence-electron chi connectivity index (χ0n) is 13.5. The fourth-order valence-electron chi connectivity index (χ4n) is 2.84. The monoisotopic (exact) mass is 310 g/mol. The SMILES string of the molecule is CCN(Cc1ccccc1)c1cnc(C(=O)N2CCCC2)cn1. The molecule has 1 amide bonds. The highest BCUT2D eigenvalue weighted by molar-refractivity contribution is 5.92. The molecule has 5 heteroatoms. The molecule has 1 aliphatic heterocycles. The molecule has 1 aliphatic rings. The Bertz CT molecular complexity index is 636. The van der Waals surface area contributed by atoms with Crippen molar-refractivity contribution in [2.24, 2.45) is 0 Å². The second kappa shape index (κ2) is 7.22. The Morgan fingerprint density at radius 3 is 2.48 bits per heavy atom. The van der Waals surface area contributed by atoms with Crippen LogP contribution in [0.1, 0.15) is 35.8 Å². The van der Waals surface area contributed by atoms with Gasteiger partial charge >= 0.3 is 0 Å². The third kappa shape index (κ3) is 3.67. The Labute approximate surface area is 137 Å². The molecule has 0 radical (unpaired) electrons. The molecule has 120 valence electrons. The number of hydrogen-bond donors (Lipinski definition) is 0. The number of anilines is 1. The summed E-state index contributed by atoms with van der Waals surface area (Å²) >= 11 is 0. The lowest BCUT2D eigenvalue weighted by molar-refractivity contribution is 0.0786. The summed E-state index contributed by atoms with van der Waals surface area (Å²) in [6.07, 6.45) is 5.47. The highest BCUT2D eigenvalue weighted by Crippen LogP contribution is 2.15. The Balaban J connectivity index is 1.71. The van der Waals surface area contributed by atoms with Gasteiger partial charge in [0.2, 0.25) is 0 Å². The van der Waals surface area contributed by atoms with Gasteiger partial charge in [0.05, 0.1) is 12.4 Å². The molecule has 1 fully saturated rings. The number of likely N-dealkylation sites (tertiary alicyclic amines) is 1. The van der Waals surface area contributed by atoms with Gasteiger partial charge < -0.3 is 9.80 Å². The third-order valence-electron chi connectivity index (χ3n) is 4.17. The van der Waals surface area contributed by atoms with Crippen molar-refractivity contribution in [3.63, 3.8) is 0 Å². The van der Waals surface area contributed by atoms with Crippen LogP contribution in [0.4, 0.5) is 5.82 Å². The molecule has 2 aromatic rings. The number of nitrogens with zero attached hydrogens (tertiary/aromatic N) is 4. The van der Waals surface area contributed by atoms with Crippen LogP contribution in [0.2, 0.25) is 0 Å². The molecule has 3 rings (SSSR count). The molecule has 1 aromatic carbocycles. The van der Waals surface area contributed by atoms with Gasteiger partial charge in [-0.05, 0) is 25.3 Å². The fraction of sp³-hybridized carbons (Fsp3) is 0.389. The number of hydrogen-bond acceptors (Lipinski definition) is 4. The van der Waals surface area contributed by atoms with Gasteiger partial charge in [0.25, 0.3) is 5.91 Å². The van der Waals surface area contributed by atoms with E-state index in [0.29, 0.717) is 5.69 Å². The minimum atomic E-state index is -0.00680. The van der Waals surface area contributed by atoms with Crippen LogP contribution in [0.5, 0.6) is 0 Å². The van der Waals surface area contributed by atoms with E-state index in [1.807, 2.05) is 23.1 Å². The van der Waals surface area contributed by atoms with Crippen LogP contribution in [-0.2, 0) is 6.54 Å². The minimum Gasteiger partial charge on any atom is -0.351 e. The van der Waals surface area contributed by atoms with Gasteiger partial charge in [-0.25, -0.2) is 9.97 Å². The summed E-state index contributed by atoms with van der Waals surface area (Å²) in [5, 5.41) is 0. The normalized spacial score (nSPS) is 14.0. The number of benzene rings is 1. The molecule has 23 heavy (non-hydrogen) atoms. The Morgan fingerprint density at radius 2 is 1.87 bits per heavy atom. The molecule has 5 nitrogen and oxygen atoms in total. The van der Waals surface area contributed by atoms with Crippen LogP contribution >= 0.6 is 0 Å². The van der Waals surface area contributed by atoms with Gasteiger partial charge in [-0.1, -0.05) is 30.3 Å². The molecule has 0 aliphatic carbocycles. The average Bonchev–Trinajstić information content (AvgIpc) is 3.15. The summed E-state index contributed by atoms with van der Waals surface area (Å²) < 4.78 is 0. The first-order valence-electron chi connectivity index (χ1n) is 8.18. The summed E-state index contributed by atoms with van der Waals surface area (Å²) in [7, 11) is 0. The molecule has 0 atom stereocenters. The van der Waals surface area contributed by atoms with Crippen LogP contribution in [0.15, 0.2) is 42.7 Å². The number of aromatic nitrogens is 2. The summed E-state index contributed by atoms with van der Waals surface area (Å²) in [5.74, 6) is 0.794. The van der Waals surface area contributed by atoms with Crippen molar-refractivity contribution in [1.82, 2.24) is 14.9 Å². The second-order valence-electron chi connectivity index (χ2n) is 5.76. The predicted octanol–water partition coefficient (Wildman–Crippen LogP) is 2.74. The van der Waals surface area contributed by atoms with Crippen molar-refractivity contribution < 1.29 is 4.79 Å². The van der Waals surface area contributed by atoms with E-state index in [1.165, 1.54) is 5.56 Å². The van der Waals surface area contributed by atoms with Crippen molar-refractivity contribution in [2.75, 3.05) is 24.5 Å². The van der Waals surface area contributed by atoms with E-state index in [4.69, 9.17) is 0 Å². The van der Waals surface area contributed by atoms with E-state index in [0.717, 1.165) is 44.8 Å². The lowest BCUT2D eigenvalue weighted by Gasteiger charge is -2.22. The summed E-state index contributed by atoms with van der Waals surface area (Å²) in [5.41, 5.74) is 1.67. The van der Waals surface area contributed by atoms with Gasteiger partial charge in [-0.3, -0.25) is 4.79 Å². The highest BCUT2D eigenvalue weighted by Gasteiger charge is 2.21. The standard InChI is InChI=1S/C18H22N4O/c1-2-21(14-15-8-4-3-5-9-15)17-13-19-16(12-20-17)18(23)22-10-6-7-11-22/h3-5,8-9,12-13H,2,6-7,10-11,14H2,1H3. The minimum absolute atomic E-state index is 0.00680. The van der Waals surface area contributed by atoms with Gasteiger partial charge in [0.15, 0.2) is 0 Å². The van der Waals surface area contributed by atoms with Gasteiger partial charge in [-0.2, -0.15) is 0 Å². The Morgan fingerprint density at radius 1 is 1.13 bits per heavy atom. The van der Waals surface area contributed by atoms with Gasteiger partial charge in [0.1, 0.15) is 11.5 Å². The molecule has 0 saturated carbocycles. The molecule has 1 saturated heterocycles. The second-order valence-corrected chi connectivity index (χ2v) is 5.76. The van der Waals surface area contributed by atoms with Crippen LogP contribution in [-0.4, -0.2) is 40.4 Å². The van der Waals surface area contributed by atoms with E-state index in [1.54, 1.807) is 12.4 Å². The lowest BCUT2D eigenvalue weighted by atomic mass is 10.2.